The predicted octanol–water partition coefficient (Wildman–Crippen LogP) is 1.05. The zero-order valence-electron chi connectivity index (χ0n) is 32.9. The predicted molar refractivity (Wildman–Crippen MR) is 191 cm³/mol. The van der Waals surface area contributed by atoms with Crippen LogP contribution in [-0.4, -0.2) is 147 Å². The van der Waals surface area contributed by atoms with Crippen LogP contribution < -0.4 is 0 Å². The molecule has 7 aliphatic rings. The van der Waals surface area contributed by atoms with Crippen LogP contribution in [0.2, 0.25) is 0 Å². The van der Waals surface area contributed by atoms with Crippen LogP contribution >= 0.6 is 0 Å². The first kappa shape index (κ1) is 41.6. The second kappa shape index (κ2) is 15.6. The van der Waals surface area contributed by atoms with Gasteiger partial charge in [0, 0.05) is 25.4 Å². The average molecular weight is 773 g/mol. The van der Waals surface area contributed by atoms with E-state index in [9.17, 15) is 40.9 Å². The SMILES string of the molecule is CO[C@]1(CCC(C)C)OC2C([C@@H]1C)[C@@]1(C)CCC3C(CC[C@@H]4C[C@@H](O[C@@H]5OC(CO)[C@H](O)C(O)C5O[C@@H]5OC(CO)[C@@H](O)C(O)C5O)CC[C@]34C)C1[C@H]2O. The molecule has 3 heterocycles. The second-order valence-corrected chi connectivity index (χ2v) is 19.0. The molecule has 22 atom stereocenters. The number of ether oxygens (including phenoxy) is 6. The molecule has 0 aromatic heterocycles. The summed E-state index contributed by atoms with van der Waals surface area (Å²) in [6, 6.07) is 0. The summed E-state index contributed by atoms with van der Waals surface area (Å²) in [5.74, 6) is 1.58. The van der Waals surface area contributed by atoms with Crippen LogP contribution in [0.3, 0.4) is 0 Å². The Balaban J connectivity index is 1.04. The summed E-state index contributed by atoms with van der Waals surface area (Å²) in [6.07, 6.45) is -7.60. The van der Waals surface area contributed by atoms with E-state index in [2.05, 4.69) is 34.6 Å². The highest BCUT2D eigenvalue weighted by atomic mass is 16.8. The molecule has 11 unspecified atom stereocenters. The van der Waals surface area contributed by atoms with Gasteiger partial charge in [0.2, 0.25) is 0 Å². The van der Waals surface area contributed by atoms with E-state index in [0.29, 0.717) is 30.1 Å². The Morgan fingerprint density at radius 2 is 1.37 bits per heavy atom. The van der Waals surface area contributed by atoms with Gasteiger partial charge in [-0.15, -0.1) is 0 Å². The molecule has 8 N–H and O–H groups in total. The van der Waals surface area contributed by atoms with Gasteiger partial charge in [-0.05, 0) is 91.8 Å². The first-order valence-electron chi connectivity index (χ1n) is 20.7. The topological polar surface area (TPSA) is 217 Å². The highest BCUT2D eigenvalue weighted by Gasteiger charge is 2.72. The zero-order valence-corrected chi connectivity index (χ0v) is 32.9. The summed E-state index contributed by atoms with van der Waals surface area (Å²) < 4.78 is 37.0. The third-order valence-electron chi connectivity index (χ3n) is 16.0. The third-order valence-corrected chi connectivity index (χ3v) is 16.0. The maximum atomic E-state index is 12.2. The van der Waals surface area contributed by atoms with Crippen molar-refractivity contribution in [3.63, 3.8) is 0 Å². The first-order chi connectivity index (χ1) is 25.5. The van der Waals surface area contributed by atoms with E-state index in [-0.39, 0.29) is 40.8 Å². The number of rotatable bonds is 10. The Labute approximate surface area is 319 Å². The average Bonchev–Trinajstić information content (AvgIpc) is 3.57. The monoisotopic (exact) mass is 772 g/mol. The molecule has 14 nitrogen and oxygen atoms in total. The summed E-state index contributed by atoms with van der Waals surface area (Å²) in [5.41, 5.74) is -0.0141. The zero-order chi connectivity index (χ0) is 39.1. The molecule has 3 saturated heterocycles. The molecular weight excluding hydrogens is 704 g/mol. The van der Waals surface area contributed by atoms with Crippen molar-refractivity contribution in [1.82, 2.24) is 0 Å². The Morgan fingerprint density at radius 1 is 0.722 bits per heavy atom. The molecule has 4 aliphatic carbocycles. The lowest BCUT2D eigenvalue weighted by Gasteiger charge is -2.61. The van der Waals surface area contributed by atoms with Gasteiger partial charge in [0.25, 0.3) is 0 Å². The van der Waals surface area contributed by atoms with E-state index in [1.165, 1.54) is 0 Å². The molecule has 0 bridgehead atoms. The molecule has 4 saturated carbocycles. The van der Waals surface area contributed by atoms with Crippen LogP contribution in [0.1, 0.15) is 92.4 Å². The Kier molecular flexibility index (Phi) is 12.0. The highest BCUT2D eigenvalue weighted by molar-refractivity contribution is 5.18. The standard InChI is InChI=1S/C40H68O14/c1-18(2)9-14-40(49-6)19(3)26-34(54-40)30(45)27-22-8-7-20-15-21(10-12-38(20,4)23(22)11-13-39(26,27)5)50-37-35(32(47)29(44)25(17-42)52-37)53-36-33(48)31(46)28(43)24(16-41)51-36/h18-37,41-48H,7-17H2,1-6H3/t19-,20+,21-,22?,23?,24?,25?,26?,27?,28+,29-,30+,31?,32?,33?,34?,35?,36-,37+,38-,39+,40+/m0/s1. The van der Waals surface area contributed by atoms with Crippen molar-refractivity contribution >= 4 is 0 Å². The van der Waals surface area contributed by atoms with E-state index in [4.69, 9.17) is 28.4 Å². The number of methoxy groups -OCH3 is 1. The van der Waals surface area contributed by atoms with Crippen LogP contribution in [0.4, 0.5) is 0 Å². The minimum atomic E-state index is -1.73. The van der Waals surface area contributed by atoms with E-state index in [1.54, 1.807) is 7.11 Å². The van der Waals surface area contributed by atoms with Gasteiger partial charge in [-0.2, -0.15) is 0 Å². The summed E-state index contributed by atoms with van der Waals surface area (Å²) in [4.78, 5) is 0. The van der Waals surface area contributed by atoms with Gasteiger partial charge >= 0.3 is 0 Å². The lowest BCUT2D eigenvalue weighted by Crippen LogP contribution is -2.65. The summed E-state index contributed by atoms with van der Waals surface area (Å²) in [5, 5.41) is 84.9. The maximum Gasteiger partial charge on any atom is 0.187 e. The molecule has 7 rings (SSSR count). The van der Waals surface area contributed by atoms with Crippen LogP contribution in [-0.2, 0) is 28.4 Å². The first-order valence-corrected chi connectivity index (χ1v) is 20.7. The van der Waals surface area contributed by atoms with Crippen molar-refractivity contribution in [3.8, 4) is 0 Å². The molecule has 54 heavy (non-hydrogen) atoms. The fourth-order valence-electron chi connectivity index (χ4n) is 13.0. The van der Waals surface area contributed by atoms with Crippen molar-refractivity contribution in [3.05, 3.63) is 0 Å². The molecule has 312 valence electrons. The molecule has 0 amide bonds. The molecule has 0 aromatic rings. The minimum absolute atomic E-state index is 0.0323. The van der Waals surface area contributed by atoms with Crippen LogP contribution in [0, 0.1) is 52.3 Å². The number of aliphatic hydroxyl groups excluding tert-OH is 8. The lowest BCUT2D eigenvalue weighted by atomic mass is 9.44. The molecule has 0 radical (unpaired) electrons. The molecular formula is C40H68O14. The summed E-state index contributed by atoms with van der Waals surface area (Å²) in [6.45, 7) is 10.3. The molecule has 0 spiro atoms. The maximum absolute atomic E-state index is 12.2. The Bertz CT molecular complexity index is 1290. The van der Waals surface area contributed by atoms with Crippen molar-refractivity contribution in [2.75, 3.05) is 20.3 Å². The molecule has 7 fully saturated rings. The van der Waals surface area contributed by atoms with Crippen molar-refractivity contribution < 1.29 is 69.3 Å². The van der Waals surface area contributed by atoms with Gasteiger partial charge in [-0.3, -0.25) is 0 Å². The van der Waals surface area contributed by atoms with Crippen molar-refractivity contribution in [1.29, 1.82) is 0 Å². The normalized spacial score (nSPS) is 55.9. The summed E-state index contributed by atoms with van der Waals surface area (Å²) >= 11 is 0. The third kappa shape index (κ3) is 6.64. The van der Waals surface area contributed by atoms with Gasteiger partial charge in [-0.25, -0.2) is 0 Å². The second-order valence-electron chi connectivity index (χ2n) is 19.0. The fourth-order valence-corrected chi connectivity index (χ4v) is 13.0. The largest absolute Gasteiger partial charge is 0.394 e. The minimum Gasteiger partial charge on any atom is -0.394 e. The van der Waals surface area contributed by atoms with E-state index >= 15 is 0 Å². The number of fused-ring (bicyclic) bond motifs is 7. The van der Waals surface area contributed by atoms with Crippen molar-refractivity contribution in [2.45, 2.75) is 178 Å². The fraction of sp³-hybridized carbons (Fsp3) is 1.00. The van der Waals surface area contributed by atoms with Gasteiger partial charge in [0.05, 0.1) is 31.5 Å². The number of hydrogen-bond acceptors (Lipinski definition) is 14. The van der Waals surface area contributed by atoms with Gasteiger partial charge in [0.1, 0.15) is 48.8 Å². The molecule has 3 aliphatic heterocycles. The van der Waals surface area contributed by atoms with E-state index in [1.807, 2.05) is 0 Å². The number of hydrogen-bond donors (Lipinski definition) is 8. The van der Waals surface area contributed by atoms with E-state index in [0.717, 1.165) is 51.4 Å². The Hall–Kier alpha value is -0.560. The Morgan fingerprint density at radius 3 is 2.02 bits per heavy atom. The van der Waals surface area contributed by atoms with Gasteiger partial charge < -0.3 is 69.3 Å². The smallest absolute Gasteiger partial charge is 0.187 e. The molecule has 14 heteroatoms. The lowest BCUT2D eigenvalue weighted by molar-refractivity contribution is -0.373. The quantitative estimate of drug-likeness (QED) is 0.146. The van der Waals surface area contributed by atoms with Crippen molar-refractivity contribution in [2.24, 2.45) is 52.3 Å². The van der Waals surface area contributed by atoms with Crippen LogP contribution in [0.5, 0.6) is 0 Å². The van der Waals surface area contributed by atoms with Crippen LogP contribution in [0.15, 0.2) is 0 Å². The summed E-state index contributed by atoms with van der Waals surface area (Å²) in [7, 11) is 1.76. The van der Waals surface area contributed by atoms with E-state index < -0.39 is 86.5 Å². The highest BCUT2D eigenvalue weighted by Crippen LogP contribution is 2.71. The molecule has 0 aromatic carbocycles. The van der Waals surface area contributed by atoms with Crippen LogP contribution in [0.25, 0.3) is 0 Å². The van der Waals surface area contributed by atoms with Gasteiger partial charge in [0.15, 0.2) is 18.4 Å². The van der Waals surface area contributed by atoms with Gasteiger partial charge in [-0.1, -0.05) is 34.6 Å². The number of aliphatic hydroxyl groups is 8.